The Hall–Kier alpha value is -1.89. The van der Waals surface area contributed by atoms with Crippen molar-refractivity contribution in [1.29, 1.82) is 0 Å². The van der Waals surface area contributed by atoms with Crippen LogP contribution in [0.25, 0.3) is 11.2 Å². The third-order valence-electron chi connectivity index (χ3n) is 2.44. The topological polar surface area (TPSA) is 98.7 Å². The van der Waals surface area contributed by atoms with Crippen LogP contribution in [0.2, 0.25) is 0 Å². The number of nitrogens with one attached hydrogen (secondary N) is 1. The SMILES string of the molecule is Cn1cnc2c1c(=O)[nH]c(=O)n2CCCN. The molecule has 0 atom stereocenters. The first kappa shape index (κ1) is 10.6. The summed E-state index contributed by atoms with van der Waals surface area (Å²) in [5, 5.41) is 0. The van der Waals surface area contributed by atoms with E-state index in [-0.39, 0.29) is 0 Å². The van der Waals surface area contributed by atoms with Crippen LogP contribution in [0.15, 0.2) is 15.9 Å². The van der Waals surface area contributed by atoms with Crippen molar-refractivity contribution in [3.05, 3.63) is 27.2 Å². The highest BCUT2D eigenvalue weighted by Crippen LogP contribution is 2.03. The van der Waals surface area contributed by atoms with E-state index in [1.54, 1.807) is 11.6 Å². The Bertz CT molecular complexity index is 621. The summed E-state index contributed by atoms with van der Waals surface area (Å²) in [5.74, 6) is 0. The van der Waals surface area contributed by atoms with Crippen LogP contribution < -0.4 is 17.0 Å². The van der Waals surface area contributed by atoms with E-state index in [0.717, 1.165) is 0 Å². The molecular formula is C9H13N5O2. The van der Waals surface area contributed by atoms with E-state index < -0.39 is 11.2 Å². The largest absolute Gasteiger partial charge is 0.330 e. The second-order valence-corrected chi connectivity index (χ2v) is 3.58. The number of hydrogen-bond donors (Lipinski definition) is 2. The van der Waals surface area contributed by atoms with Crippen LogP contribution in [0.3, 0.4) is 0 Å². The van der Waals surface area contributed by atoms with Crippen molar-refractivity contribution in [3.63, 3.8) is 0 Å². The summed E-state index contributed by atoms with van der Waals surface area (Å²) in [6, 6.07) is 0. The Kier molecular flexibility index (Phi) is 2.61. The lowest BCUT2D eigenvalue weighted by atomic mass is 10.4. The number of aromatic amines is 1. The molecule has 0 spiro atoms. The molecule has 7 heteroatoms. The van der Waals surface area contributed by atoms with E-state index in [1.807, 2.05) is 0 Å². The summed E-state index contributed by atoms with van der Waals surface area (Å²) in [6.07, 6.45) is 2.18. The van der Waals surface area contributed by atoms with E-state index in [1.165, 1.54) is 10.9 Å². The fourth-order valence-electron chi connectivity index (χ4n) is 1.65. The molecule has 0 aromatic carbocycles. The highest BCUT2D eigenvalue weighted by atomic mass is 16.2. The first-order chi connectivity index (χ1) is 7.65. The predicted octanol–water partition coefficient (Wildman–Crippen LogP) is -1.23. The van der Waals surface area contributed by atoms with Gasteiger partial charge in [-0.25, -0.2) is 9.78 Å². The number of hydrogen-bond acceptors (Lipinski definition) is 4. The molecule has 0 saturated heterocycles. The van der Waals surface area contributed by atoms with Crippen LogP contribution in [-0.2, 0) is 13.6 Å². The average Bonchev–Trinajstić information content (AvgIpc) is 2.61. The zero-order valence-electron chi connectivity index (χ0n) is 8.93. The van der Waals surface area contributed by atoms with E-state index in [4.69, 9.17) is 5.73 Å². The van der Waals surface area contributed by atoms with Gasteiger partial charge in [0.1, 0.15) is 0 Å². The number of aryl methyl sites for hydroxylation is 2. The molecule has 2 aromatic rings. The Labute approximate surface area is 90.5 Å². The minimum atomic E-state index is -0.440. The van der Waals surface area contributed by atoms with Crippen molar-refractivity contribution in [2.45, 2.75) is 13.0 Å². The lowest BCUT2D eigenvalue weighted by molar-refractivity contribution is 0.629. The molecule has 7 nitrogen and oxygen atoms in total. The van der Waals surface area contributed by atoms with Crippen LogP contribution in [-0.4, -0.2) is 25.6 Å². The second-order valence-electron chi connectivity index (χ2n) is 3.58. The van der Waals surface area contributed by atoms with Gasteiger partial charge in [-0.1, -0.05) is 0 Å². The van der Waals surface area contributed by atoms with Crippen LogP contribution in [0.1, 0.15) is 6.42 Å². The molecule has 3 N–H and O–H groups in total. The van der Waals surface area contributed by atoms with E-state index in [9.17, 15) is 9.59 Å². The Morgan fingerprint density at radius 1 is 1.50 bits per heavy atom. The van der Waals surface area contributed by atoms with Crippen LogP contribution in [0.5, 0.6) is 0 Å². The number of H-pyrrole nitrogens is 1. The maximum atomic E-state index is 11.6. The van der Waals surface area contributed by atoms with Gasteiger partial charge in [-0.3, -0.25) is 14.3 Å². The first-order valence-corrected chi connectivity index (χ1v) is 4.99. The molecule has 86 valence electrons. The normalized spacial score (nSPS) is 11.1. The first-order valence-electron chi connectivity index (χ1n) is 4.99. The van der Waals surface area contributed by atoms with Crippen molar-refractivity contribution < 1.29 is 0 Å². The van der Waals surface area contributed by atoms with Gasteiger partial charge >= 0.3 is 5.69 Å². The van der Waals surface area contributed by atoms with Gasteiger partial charge in [-0.15, -0.1) is 0 Å². The number of rotatable bonds is 3. The van der Waals surface area contributed by atoms with E-state index in [2.05, 4.69) is 9.97 Å². The summed E-state index contributed by atoms with van der Waals surface area (Å²) in [4.78, 5) is 29.5. The molecule has 0 fully saturated rings. The minimum absolute atomic E-state index is 0.400. The third-order valence-corrected chi connectivity index (χ3v) is 2.44. The lowest BCUT2D eigenvalue weighted by Crippen LogP contribution is -2.31. The second kappa shape index (κ2) is 3.93. The zero-order valence-corrected chi connectivity index (χ0v) is 8.93. The molecule has 0 radical (unpaired) electrons. The number of fused-ring (bicyclic) bond motifs is 1. The molecule has 0 aliphatic rings. The third kappa shape index (κ3) is 1.54. The monoisotopic (exact) mass is 223 g/mol. The van der Waals surface area contributed by atoms with E-state index in [0.29, 0.717) is 30.7 Å². The summed E-state index contributed by atoms with van der Waals surface area (Å²) in [6.45, 7) is 0.944. The predicted molar refractivity (Wildman–Crippen MR) is 59.3 cm³/mol. The minimum Gasteiger partial charge on any atom is -0.330 e. The van der Waals surface area contributed by atoms with Gasteiger partial charge in [0.15, 0.2) is 11.2 Å². The molecule has 0 saturated carbocycles. The van der Waals surface area contributed by atoms with Crippen molar-refractivity contribution in [2.24, 2.45) is 12.8 Å². The molecule has 2 aromatic heterocycles. The standard InChI is InChI=1S/C9H13N5O2/c1-13-5-11-7-6(13)8(15)12-9(16)14(7)4-2-3-10/h5H,2-4,10H2,1H3,(H,12,15,16). The Morgan fingerprint density at radius 2 is 2.25 bits per heavy atom. The highest BCUT2D eigenvalue weighted by molar-refractivity contribution is 5.69. The maximum absolute atomic E-state index is 11.6. The molecule has 0 unspecified atom stereocenters. The number of nitrogens with zero attached hydrogens (tertiary/aromatic N) is 3. The summed E-state index contributed by atoms with van der Waals surface area (Å²) in [5.41, 5.74) is 5.35. The molecular weight excluding hydrogens is 210 g/mol. The molecule has 2 heterocycles. The molecule has 0 aliphatic carbocycles. The number of aromatic nitrogens is 4. The summed E-state index contributed by atoms with van der Waals surface area (Å²) < 4.78 is 3.02. The van der Waals surface area contributed by atoms with Crippen LogP contribution in [0.4, 0.5) is 0 Å². The number of nitrogens with two attached hydrogens (primary N) is 1. The molecule has 0 aliphatic heterocycles. The van der Waals surface area contributed by atoms with Gasteiger partial charge in [0, 0.05) is 13.6 Å². The van der Waals surface area contributed by atoms with Gasteiger partial charge in [-0.2, -0.15) is 0 Å². The lowest BCUT2D eigenvalue weighted by Gasteiger charge is -2.04. The van der Waals surface area contributed by atoms with Gasteiger partial charge in [0.25, 0.3) is 5.56 Å². The van der Waals surface area contributed by atoms with Crippen LogP contribution >= 0.6 is 0 Å². The van der Waals surface area contributed by atoms with Gasteiger partial charge in [-0.05, 0) is 13.0 Å². The Balaban J connectivity index is 2.72. The molecule has 0 amide bonds. The van der Waals surface area contributed by atoms with E-state index >= 15 is 0 Å². The molecule has 16 heavy (non-hydrogen) atoms. The van der Waals surface area contributed by atoms with Crippen molar-refractivity contribution in [3.8, 4) is 0 Å². The summed E-state index contributed by atoms with van der Waals surface area (Å²) >= 11 is 0. The Morgan fingerprint density at radius 3 is 2.94 bits per heavy atom. The fraction of sp³-hybridized carbons (Fsp3) is 0.444. The van der Waals surface area contributed by atoms with Crippen molar-refractivity contribution in [1.82, 2.24) is 19.1 Å². The quantitative estimate of drug-likeness (QED) is 0.680. The van der Waals surface area contributed by atoms with Gasteiger partial charge < -0.3 is 10.3 Å². The summed E-state index contributed by atoms with van der Waals surface area (Å²) in [7, 11) is 1.71. The fourth-order valence-corrected chi connectivity index (χ4v) is 1.65. The maximum Gasteiger partial charge on any atom is 0.330 e. The van der Waals surface area contributed by atoms with Crippen LogP contribution in [0, 0.1) is 0 Å². The average molecular weight is 223 g/mol. The number of imidazole rings is 1. The zero-order chi connectivity index (χ0) is 11.7. The van der Waals surface area contributed by atoms with Gasteiger partial charge in [0.2, 0.25) is 0 Å². The van der Waals surface area contributed by atoms with Crippen molar-refractivity contribution >= 4 is 11.2 Å². The smallest absolute Gasteiger partial charge is 0.330 e. The van der Waals surface area contributed by atoms with Gasteiger partial charge in [0.05, 0.1) is 6.33 Å². The molecule has 2 rings (SSSR count). The van der Waals surface area contributed by atoms with Crippen molar-refractivity contribution in [2.75, 3.05) is 6.54 Å². The highest BCUT2D eigenvalue weighted by Gasteiger charge is 2.10. The molecule has 0 bridgehead atoms.